The quantitative estimate of drug-likeness (QED) is 0.646. The maximum atomic E-state index is 10.6. The van der Waals surface area contributed by atoms with E-state index in [-0.39, 0.29) is 0 Å². The number of primary amides is 1. The van der Waals surface area contributed by atoms with Crippen molar-refractivity contribution in [2.75, 3.05) is 0 Å². The molecule has 2 aromatic rings. The van der Waals surface area contributed by atoms with Crippen LogP contribution in [0.15, 0.2) is 47.6 Å². The van der Waals surface area contributed by atoms with Crippen LogP contribution in [0, 0.1) is 0 Å². The van der Waals surface area contributed by atoms with E-state index in [0.717, 1.165) is 5.56 Å². The molecule has 0 aliphatic heterocycles. The van der Waals surface area contributed by atoms with Gasteiger partial charge in [-0.15, -0.1) is 0 Å². The van der Waals surface area contributed by atoms with Gasteiger partial charge >= 0.3 is 6.03 Å². The second-order valence-electron chi connectivity index (χ2n) is 4.31. The highest BCUT2D eigenvalue weighted by Gasteiger charge is 2.10. The average molecular weight is 338 g/mol. The first-order valence-electron chi connectivity index (χ1n) is 6.30. The number of rotatable bonds is 5. The Bertz CT molecular complexity index is 691. The number of carbonyl (C=O) groups excluding carboxylic acids is 1. The molecule has 7 heteroatoms. The fourth-order valence-electron chi connectivity index (χ4n) is 1.72. The van der Waals surface area contributed by atoms with E-state index in [4.69, 9.17) is 33.7 Å². The number of hydrogen-bond donors (Lipinski definition) is 2. The molecule has 0 heterocycles. The molecule has 2 aromatic carbocycles. The van der Waals surface area contributed by atoms with E-state index in [0.29, 0.717) is 28.0 Å². The van der Waals surface area contributed by atoms with Crippen molar-refractivity contribution >= 4 is 35.4 Å². The summed E-state index contributed by atoms with van der Waals surface area (Å²) < 4.78 is 5.74. The Morgan fingerprint density at radius 3 is 2.68 bits per heavy atom. The molecule has 0 aromatic heterocycles. The highest BCUT2D eigenvalue weighted by atomic mass is 35.5. The summed E-state index contributed by atoms with van der Waals surface area (Å²) in [6, 6.07) is 12.1. The molecule has 0 atom stereocenters. The van der Waals surface area contributed by atoms with E-state index >= 15 is 0 Å². The second-order valence-corrected chi connectivity index (χ2v) is 5.16. The van der Waals surface area contributed by atoms with Crippen LogP contribution in [0.1, 0.15) is 11.1 Å². The predicted octanol–water partition coefficient (Wildman–Crippen LogP) is 3.57. The van der Waals surface area contributed by atoms with Gasteiger partial charge in [-0.25, -0.2) is 10.2 Å². The number of nitrogens with one attached hydrogen (secondary N) is 1. The van der Waals surface area contributed by atoms with E-state index < -0.39 is 6.03 Å². The first-order chi connectivity index (χ1) is 10.6. The minimum atomic E-state index is -0.767. The number of nitrogens with zero attached hydrogens (tertiary/aromatic N) is 1. The highest BCUT2D eigenvalue weighted by molar-refractivity contribution is 6.36. The van der Waals surface area contributed by atoms with Crippen molar-refractivity contribution in [1.29, 1.82) is 0 Å². The topological polar surface area (TPSA) is 76.7 Å². The zero-order valence-electron chi connectivity index (χ0n) is 11.4. The van der Waals surface area contributed by atoms with Crippen molar-refractivity contribution in [2.24, 2.45) is 10.8 Å². The summed E-state index contributed by atoms with van der Waals surface area (Å²) in [6.07, 6.45) is 1.36. The first kappa shape index (κ1) is 16.1. The molecule has 0 saturated heterocycles. The van der Waals surface area contributed by atoms with Crippen molar-refractivity contribution in [3.63, 3.8) is 0 Å². The van der Waals surface area contributed by atoms with Gasteiger partial charge in [0, 0.05) is 10.6 Å². The van der Waals surface area contributed by atoms with E-state index in [1.54, 1.807) is 12.1 Å². The molecule has 22 heavy (non-hydrogen) atoms. The average Bonchev–Trinajstić information content (AvgIpc) is 2.47. The third kappa shape index (κ3) is 4.65. The number of hydrogen-bond acceptors (Lipinski definition) is 3. The maximum Gasteiger partial charge on any atom is 0.332 e. The van der Waals surface area contributed by atoms with Crippen LogP contribution in [-0.2, 0) is 6.61 Å². The molecule has 0 fully saturated rings. The van der Waals surface area contributed by atoms with Gasteiger partial charge in [-0.2, -0.15) is 5.10 Å². The summed E-state index contributed by atoms with van der Waals surface area (Å²) in [5.74, 6) is 0.421. The second kappa shape index (κ2) is 7.68. The molecule has 0 spiro atoms. The van der Waals surface area contributed by atoms with Gasteiger partial charge in [0.1, 0.15) is 12.4 Å². The Balaban J connectivity index is 2.21. The molecular formula is C15H13Cl2N3O2. The van der Waals surface area contributed by atoms with Crippen molar-refractivity contribution in [3.05, 3.63) is 63.6 Å². The van der Waals surface area contributed by atoms with Gasteiger partial charge < -0.3 is 10.5 Å². The third-order valence-electron chi connectivity index (χ3n) is 2.64. The van der Waals surface area contributed by atoms with Crippen molar-refractivity contribution in [1.82, 2.24) is 5.43 Å². The molecule has 5 nitrogen and oxygen atoms in total. The summed E-state index contributed by atoms with van der Waals surface area (Å²) in [5.41, 5.74) is 8.56. The minimum Gasteiger partial charge on any atom is -0.487 e. The van der Waals surface area contributed by atoms with Crippen LogP contribution < -0.4 is 15.9 Å². The molecule has 0 bridgehead atoms. The van der Waals surface area contributed by atoms with Crippen LogP contribution in [0.25, 0.3) is 0 Å². The van der Waals surface area contributed by atoms with Crippen LogP contribution in [-0.4, -0.2) is 12.2 Å². The largest absolute Gasteiger partial charge is 0.487 e. The number of hydrazone groups is 1. The Labute approximate surface area is 137 Å². The van der Waals surface area contributed by atoms with Gasteiger partial charge in [0.25, 0.3) is 0 Å². The van der Waals surface area contributed by atoms with Gasteiger partial charge in [-0.3, -0.25) is 0 Å². The lowest BCUT2D eigenvalue weighted by atomic mass is 10.2. The van der Waals surface area contributed by atoms with Crippen LogP contribution in [0.2, 0.25) is 10.0 Å². The zero-order chi connectivity index (χ0) is 15.9. The zero-order valence-corrected chi connectivity index (χ0v) is 12.9. The number of benzene rings is 2. The summed E-state index contributed by atoms with van der Waals surface area (Å²) in [7, 11) is 0. The molecule has 2 amide bonds. The van der Waals surface area contributed by atoms with Gasteiger partial charge in [0.15, 0.2) is 0 Å². The lowest BCUT2D eigenvalue weighted by Gasteiger charge is -2.11. The summed E-state index contributed by atoms with van der Waals surface area (Å²) in [4.78, 5) is 10.6. The number of urea groups is 1. The molecule has 0 aliphatic carbocycles. The van der Waals surface area contributed by atoms with E-state index in [1.807, 2.05) is 30.3 Å². The number of ether oxygens (including phenoxy) is 1. The minimum absolute atomic E-state index is 0.340. The normalized spacial score (nSPS) is 10.6. The number of halogens is 2. The number of nitrogens with two attached hydrogens (primary N) is 1. The van der Waals surface area contributed by atoms with E-state index in [2.05, 4.69) is 10.5 Å². The van der Waals surface area contributed by atoms with Gasteiger partial charge in [-0.05, 0) is 17.7 Å². The molecule has 0 unspecified atom stereocenters. The van der Waals surface area contributed by atoms with Gasteiger partial charge in [0.05, 0.1) is 11.2 Å². The van der Waals surface area contributed by atoms with Crippen molar-refractivity contribution in [2.45, 2.75) is 6.61 Å². The van der Waals surface area contributed by atoms with E-state index in [1.165, 1.54) is 6.21 Å². The maximum absolute atomic E-state index is 10.6. The Hall–Kier alpha value is -2.24. The van der Waals surface area contributed by atoms with Crippen molar-refractivity contribution < 1.29 is 9.53 Å². The Kier molecular flexibility index (Phi) is 5.63. The number of carbonyl (C=O) groups is 1. The van der Waals surface area contributed by atoms with Gasteiger partial charge in [0.2, 0.25) is 0 Å². The van der Waals surface area contributed by atoms with Crippen LogP contribution in [0.5, 0.6) is 5.75 Å². The Morgan fingerprint density at radius 1 is 1.27 bits per heavy atom. The molecule has 3 N–H and O–H groups in total. The molecule has 0 aliphatic rings. The Morgan fingerprint density at radius 2 is 2.00 bits per heavy atom. The predicted molar refractivity (Wildman–Crippen MR) is 87.5 cm³/mol. The summed E-state index contributed by atoms with van der Waals surface area (Å²) in [5, 5.41) is 4.47. The van der Waals surface area contributed by atoms with Crippen LogP contribution >= 0.6 is 23.2 Å². The number of amides is 2. The lowest BCUT2D eigenvalue weighted by molar-refractivity contribution is 0.249. The molecule has 0 saturated carbocycles. The lowest BCUT2D eigenvalue weighted by Crippen LogP contribution is -2.24. The van der Waals surface area contributed by atoms with E-state index in [9.17, 15) is 4.79 Å². The fourth-order valence-corrected chi connectivity index (χ4v) is 2.29. The SMILES string of the molecule is NC(=O)N/N=C\c1cc(Cl)cc(Cl)c1OCc1ccccc1. The third-order valence-corrected chi connectivity index (χ3v) is 3.14. The fraction of sp³-hybridized carbons (Fsp3) is 0.0667. The smallest absolute Gasteiger partial charge is 0.332 e. The van der Waals surface area contributed by atoms with Gasteiger partial charge in [-0.1, -0.05) is 53.5 Å². The monoisotopic (exact) mass is 337 g/mol. The molecular weight excluding hydrogens is 325 g/mol. The van der Waals surface area contributed by atoms with Crippen molar-refractivity contribution in [3.8, 4) is 5.75 Å². The first-order valence-corrected chi connectivity index (χ1v) is 7.06. The molecule has 114 valence electrons. The standard InChI is InChI=1S/C15H13Cl2N3O2/c16-12-6-11(8-19-20-15(18)21)14(13(17)7-12)22-9-10-4-2-1-3-5-10/h1-8H,9H2,(H3,18,20,21)/b19-8-. The molecule has 0 radical (unpaired) electrons. The highest BCUT2D eigenvalue weighted by Crippen LogP contribution is 2.32. The summed E-state index contributed by atoms with van der Waals surface area (Å²) >= 11 is 12.1. The van der Waals surface area contributed by atoms with Crippen LogP contribution in [0.3, 0.4) is 0 Å². The van der Waals surface area contributed by atoms with Crippen LogP contribution in [0.4, 0.5) is 4.79 Å². The molecule has 2 rings (SSSR count). The summed E-state index contributed by atoms with van der Waals surface area (Å²) in [6.45, 7) is 0.340.